The fourth-order valence-corrected chi connectivity index (χ4v) is 1.60. The third-order valence-electron chi connectivity index (χ3n) is 2.16. The van der Waals surface area contributed by atoms with E-state index in [0.29, 0.717) is 23.3 Å². The molecule has 8 heteroatoms. The molecule has 2 rings (SSSR count). The van der Waals surface area contributed by atoms with Crippen molar-refractivity contribution in [3.05, 3.63) is 23.5 Å². The third-order valence-corrected chi connectivity index (χ3v) is 2.37. The van der Waals surface area contributed by atoms with Gasteiger partial charge < -0.3 is 14.8 Å². The quantitative estimate of drug-likeness (QED) is 0.878. The van der Waals surface area contributed by atoms with Gasteiger partial charge in [-0.1, -0.05) is 11.6 Å². The number of hydrogen-bond acceptors (Lipinski definition) is 7. The van der Waals surface area contributed by atoms with Gasteiger partial charge in [0.1, 0.15) is 0 Å². The van der Waals surface area contributed by atoms with Gasteiger partial charge in [-0.15, -0.1) is 4.98 Å². The van der Waals surface area contributed by atoms with E-state index >= 15 is 0 Å². The second-order valence-corrected chi connectivity index (χ2v) is 4.80. The average Bonchev–Trinajstić information content (AvgIpc) is 2.37. The van der Waals surface area contributed by atoms with E-state index in [1.807, 2.05) is 20.8 Å². The number of halogens is 1. The fourth-order valence-electron chi connectivity index (χ4n) is 1.44. The summed E-state index contributed by atoms with van der Waals surface area (Å²) < 4.78 is 11.0. The molecule has 0 saturated heterocycles. The van der Waals surface area contributed by atoms with Crippen LogP contribution in [0.5, 0.6) is 17.8 Å². The number of pyridine rings is 1. The van der Waals surface area contributed by atoms with Crippen molar-refractivity contribution in [2.24, 2.45) is 0 Å². The summed E-state index contributed by atoms with van der Waals surface area (Å²) in [6, 6.07) is 1.93. The first-order chi connectivity index (χ1) is 10.1. The molecule has 1 N–H and O–H groups in total. The van der Waals surface area contributed by atoms with Crippen LogP contribution in [-0.2, 0) is 0 Å². The highest BCUT2D eigenvalue weighted by atomic mass is 35.5. The van der Waals surface area contributed by atoms with E-state index in [-0.39, 0.29) is 18.1 Å². The standard InChI is InChI=1S/C13H16ClN5O2/c1-4-16-11-17-12(20-8(2)3)19-13(18-11)21-10-5-9(14)6-15-7-10/h5-8H,4H2,1-3H3,(H,16,17,18,19). The lowest BCUT2D eigenvalue weighted by atomic mass is 10.5. The van der Waals surface area contributed by atoms with Crippen molar-refractivity contribution in [2.75, 3.05) is 11.9 Å². The van der Waals surface area contributed by atoms with Gasteiger partial charge in [0.25, 0.3) is 0 Å². The second-order valence-electron chi connectivity index (χ2n) is 4.36. The minimum Gasteiger partial charge on any atom is -0.461 e. The van der Waals surface area contributed by atoms with Crippen LogP contribution in [0.1, 0.15) is 20.8 Å². The normalized spacial score (nSPS) is 10.5. The average molecular weight is 310 g/mol. The summed E-state index contributed by atoms with van der Waals surface area (Å²) in [7, 11) is 0. The van der Waals surface area contributed by atoms with Crippen LogP contribution in [0.15, 0.2) is 18.5 Å². The van der Waals surface area contributed by atoms with Crippen LogP contribution in [0.4, 0.5) is 5.95 Å². The molecule has 0 aliphatic heterocycles. The maximum atomic E-state index is 5.86. The molecular weight excluding hydrogens is 294 g/mol. The molecule has 0 aliphatic carbocycles. The Balaban J connectivity index is 2.26. The van der Waals surface area contributed by atoms with E-state index in [9.17, 15) is 0 Å². The molecule has 7 nitrogen and oxygen atoms in total. The van der Waals surface area contributed by atoms with Crippen molar-refractivity contribution in [3.8, 4) is 17.8 Å². The number of nitrogens with one attached hydrogen (secondary N) is 1. The minimum absolute atomic E-state index is 0.0532. The van der Waals surface area contributed by atoms with Crippen LogP contribution in [0, 0.1) is 0 Å². The zero-order chi connectivity index (χ0) is 15.2. The molecule has 0 aromatic carbocycles. The largest absolute Gasteiger partial charge is 0.461 e. The number of aromatic nitrogens is 4. The highest BCUT2D eigenvalue weighted by Crippen LogP contribution is 2.22. The first kappa shape index (κ1) is 15.2. The lowest BCUT2D eigenvalue weighted by Gasteiger charge is -2.11. The smallest absolute Gasteiger partial charge is 0.330 e. The van der Waals surface area contributed by atoms with E-state index in [1.54, 1.807) is 6.07 Å². The van der Waals surface area contributed by atoms with E-state index in [0.717, 1.165) is 0 Å². The summed E-state index contributed by atoms with van der Waals surface area (Å²) in [5.41, 5.74) is 0. The summed E-state index contributed by atoms with van der Waals surface area (Å²) in [6.45, 7) is 6.38. The Kier molecular flexibility index (Phi) is 5.10. The molecular formula is C13H16ClN5O2. The molecule has 0 saturated carbocycles. The SMILES string of the molecule is CCNc1nc(Oc2cncc(Cl)c2)nc(OC(C)C)n1. The number of ether oxygens (including phenoxy) is 2. The zero-order valence-electron chi connectivity index (χ0n) is 12.0. The molecule has 21 heavy (non-hydrogen) atoms. The Labute approximate surface area is 127 Å². The van der Waals surface area contributed by atoms with E-state index in [1.165, 1.54) is 12.4 Å². The van der Waals surface area contributed by atoms with Gasteiger partial charge in [0, 0.05) is 18.8 Å². The molecule has 112 valence electrons. The van der Waals surface area contributed by atoms with Gasteiger partial charge in [-0.3, -0.25) is 4.98 Å². The first-order valence-electron chi connectivity index (χ1n) is 6.52. The number of nitrogens with zero attached hydrogens (tertiary/aromatic N) is 4. The lowest BCUT2D eigenvalue weighted by molar-refractivity contribution is 0.218. The first-order valence-corrected chi connectivity index (χ1v) is 6.89. The Morgan fingerprint density at radius 1 is 1.19 bits per heavy atom. The van der Waals surface area contributed by atoms with Gasteiger partial charge >= 0.3 is 12.0 Å². The van der Waals surface area contributed by atoms with Gasteiger partial charge in [-0.25, -0.2) is 0 Å². The van der Waals surface area contributed by atoms with Gasteiger partial charge in [0.2, 0.25) is 5.95 Å². The number of hydrogen-bond donors (Lipinski definition) is 1. The van der Waals surface area contributed by atoms with Crippen LogP contribution in [0.25, 0.3) is 0 Å². The summed E-state index contributed by atoms with van der Waals surface area (Å²) >= 11 is 5.86. The highest BCUT2D eigenvalue weighted by Gasteiger charge is 2.11. The molecule has 0 bridgehead atoms. The van der Waals surface area contributed by atoms with Crippen molar-refractivity contribution in [1.82, 2.24) is 19.9 Å². The maximum absolute atomic E-state index is 5.86. The van der Waals surface area contributed by atoms with E-state index in [4.69, 9.17) is 21.1 Å². The fraction of sp³-hybridized carbons (Fsp3) is 0.385. The predicted octanol–water partition coefficient (Wildman–Crippen LogP) is 2.93. The Morgan fingerprint density at radius 3 is 2.62 bits per heavy atom. The highest BCUT2D eigenvalue weighted by molar-refractivity contribution is 6.30. The summed E-state index contributed by atoms with van der Waals surface area (Å²) in [6.07, 6.45) is 2.98. The molecule has 0 unspecified atom stereocenters. The molecule has 0 aliphatic rings. The van der Waals surface area contributed by atoms with E-state index in [2.05, 4.69) is 25.3 Å². The van der Waals surface area contributed by atoms with E-state index < -0.39 is 0 Å². The van der Waals surface area contributed by atoms with Crippen molar-refractivity contribution in [2.45, 2.75) is 26.9 Å². The monoisotopic (exact) mass is 309 g/mol. The van der Waals surface area contributed by atoms with Gasteiger partial charge in [-0.05, 0) is 20.8 Å². The lowest BCUT2D eigenvalue weighted by Crippen LogP contribution is -2.12. The minimum atomic E-state index is -0.0532. The Hall–Kier alpha value is -2.15. The third kappa shape index (κ3) is 4.71. The van der Waals surface area contributed by atoms with Crippen molar-refractivity contribution >= 4 is 17.5 Å². The Bertz CT molecular complexity index is 609. The molecule has 2 aromatic heterocycles. The topological polar surface area (TPSA) is 82.1 Å². The van der Waals surface area contributed by atoms with Gasteiger partial charge in [-0.2, -0.15) is 9.97 Å². The van der Waals surface area contributed by atoms with Crippen molar-refractivity contribution < 1.29 is 9.47 Å². The molecule has 2 aromatic rings. The molecule has 0 radical (unpaired) electrons. The second kappa shape index (κ2) is 7.03. The Morgan fingerprint density at radius 2 is 1.95 bits per heavy atom. The molecule has 0 fully saturated rings. The maximum Gasteiger partial charge on any atom is 0.330 e. The molecule has 0 atom stereocenters. The summed E-state index contributed by atoms with van der Waals surface area (Å²) in [5, 5.41) is 3.46. The van der Waals surface area contributed by atoms with Crippen molar-refractivity contribution in [1.29, 1.82) is 0 Å². The van der Waals surface area contributed by atoms with Crippen LogP contribution in [0.3, 0.4) is 0 Å². The van der Waals surface area contributed by atoms with Crippen LogP contribution in [0.2, 0.25) is 5.02 Å². The van der Waals surface area contributed by atoms with Crippen LogP contribution in [-0.4, -0.2) is 32.6 Å². The van der Waals surface area contributed by atoms with Gasteiger partial charge in [0.05, 0.1) is 17.3 Å². The number of anilines is 1. The molecule has 0 amide bonds. The van der Waals surface area contributed by atoms with Gasteiger partial charge in [0.15, 0.2) is 5.75 Å². The van der Waals surface area contributed by atoms with Crippen LogP contribution >= 0.6 is 11.6 Å². The molecule has 2 heterocycles. The summed E-state index contributed by atoms with van der Waals surface area (Å²) in [5.74, 6) is 0.819. The summed E-state index contributed by atoms with van der Waals surface area (Å²) in [4.78, 5) is 16.3. The van der Waals surface area contributed by atoms with Crippen LogP contribution < -0.4 is 14.8 Å². The predicted molar refractivity (Wildman–Crippen MR) is 79.1 cm³/mol. The van der Waals surface area contributed by atoms with Crippen molar-refractivity contribution in [3.63, 3.8) is 0 Å². The number of rotatable bonds is 6. The molecule has 0 spiro atoms. The zero-order valence-corrected chi connectivity index (χ0v) is 12.8.